The van der Waals surface area contributed by atoms with E-state index >= 15 is 0 Å². The fraction of sp³-hybridized carbons (Fsp3) is 0.600. The molecule has 2 nitrogen and oxygen atoms in total. The predicted octanol–water partition coefficient (Wildman–Crippen LogP) is 3.14. The maximum atomic E-state index is 9.52. The second-order valence-corrected chi connectivity index (χ2v) is 4.88. The average molecular weight is 235 g/mol. The van der Waals surface area contributed by atoms with E-state index in [1.165, 1.54) is 5.56 Å². The Balaban J connectivity index is 2.55. The smallest absolute Gasteiger partial charge is 0.0499 e. The summed E-state index contributed by atoms with van der Waals surface area (Å²) in [5.41, 5.74) is 1.33. The molecule has 0 saturated heterocycles. The van der Waals surface area contributed by atoms with Gasteiger partial charge in [-0.25, -0.2) is 0 Å². The Morgan fingerprint density at radius 1 is 1.18 bits per heavy atom. The van der Waals surface area contributed by atoms with E-state index in [0.29, 0.717) is 6.04 Å². The van der Waals surface area contributed by atoms with E-state index in [4.69, 9.17) is 0 Å². The van der Waals surface area contributed by atoms with Crippen molar-refractivity contribution in [3.8, 4) is 0 Å². The molecule has 0 bridgehead atoms. The van der Waals surface area contributed by atoms with Crippen molar-refractivity contribution in [1.82, 2.24) is 5.32 Å². The standard InChI is InChI=1S/C15H25NO/c1-4-15(5-2,12-17)11-16-13(3)14-9-7-6-8-10-14/h6-10,13,16-17H,4-5,11-12H2,1-3H3/t13-/m0/s1. The molecule has 0 aliphatic rings. The zero-order valence-corrected chi connectivity index (χ0v) is 11.2. The molecule has 1 aromatic rings. The lowest BCUT2D eigenvalue weighted by molar-refractivity contribution is 0.110. The molecule has 96 valence electrons. The van der Waals surface area contributed by atoms with Gasteiger partial charge in [0.25, 0.3) is 0 Å². The van der Waals surface area contributed by atoms with Crippen LogP contribution in [0.1, 0.15) is 45.2 Å². The third-order valence-corrected chi connectivity index (χ3v) is 3.92. The molecule has 1 atom stereocenters. The third kappa shape index (κ3) is 3.83. The SMILES string of the molecule is CCC(CC)(CO)CN[C@@H](C)c1ccccc1. The van der Waals surface area contributed by atoms with Gasteiger partial charge in [-0.15, -0.1) is 0 Å². The van der Waals surface area contributed by atoms with Crippen LogP contribution in [0.2, 0.25) is 0 Å². The second-order valence-electron chi connectivity index (χ2n) is 4.88. The fourth-order valence-electron chi connectivity index (χ4n) is 2.01. The zero-order valence-electron chi connectivity index (χ0n) is 11.2. The van der Waals surface area contributed by atoms with Gasteiger partial charge in [0, 0.05) is 24.6 Å². The van der Waals surface area contributed by atoms with Crippen molar-refractivity contribution < 1.29 is 5.11 Å². The molecule has 0 fully saturated rings. The Bertz CT molecular complexity index is 298. The van der Waals surface area contributed by atoms with Crippen molar-refractivity contribution in [3.63, 3.8) is 0 Å². The molecule has 0 saturated carbocycles. The van der Waals surface area contributed by atoms with Gasteiger partial charge in [-0.1, -0.05) is 44.2 Å². The van der Waals surface area contributed by atoms with Crippen molar-refractivity contribution in [3.05, 3.63) is 35.9 Å². The Hall–Kier alpha value is -0.860. The summed E-state index contributed by atoms with van der Waals surface area (Å²) in [6, 6.07) is 10.8. The number of aliphatic hydroxyl groups excluding tert-OH is 1. The van der Waals surface area contributed by atoms with Crippen LogP contribution in [0.15, 0.2) is 30.3 Å². The van der Waals surface area contributed by atoms with E-state index in [-0.39, 0.29) is 12.0 Å². The Kier molecular flexibility index (Phi) is 5.66. The topological polar surface area (TPSA) is 32.3 Å². The molecule has 0 radical (unpaired) electrons. The van der Waals surface area contributed by atoms with Crippen LogP contribution in [0, 0.1) is 5.41 Å². The lowest BCUT2D eigenvalue weighted by Crippen LogP contribution is -2.37. The first-order chi connectivity index (χ1) is 8.17. The minimum absolute atomic E-state index is 0.0308. The quantitative estimate of drug-likeness (QED) is 0.761. The Labute approximate surface area is 105 Å². The number of benzene rings is 1. The van der Waals surface area contributed by atoms with Crippen molar-refractivity contribution in [2.24, 2.45) is 5.41 Å². The van der Waals surface area contributed by atoms with E-state index in [9.17, 15) is 5.11 Å². The van der Waals surface area contributed by atoms with Gasteiger partial charge in [-0.2, -0.15) is 0 Å². The lowest BCUT2D eigenvalue weighted by atomic mass is 9.83. The van der Waals surface area contributed by atoms with Crippen LogP contribution in [0.25, 0.3) is 0 Å². The number of aliphatic hydroxyl groups is 1. The summed E-state index contributed by atoms with van der Waals surface area (Å²) in [6.45, 7) is 7.59. The first kappa shape index (κ1) is 14.2. The molecule has 2 N–H and O–H groups in total. The van der Waals surface area contributed by atoms with Gasteiger partial charge in [0.15, 0.2) is 0 Å². The zero-order chi connectivity index (χ0) is 12.7. The minimum atomic E-state index is 0.0308. The molecular weight excluding hydrogens is 210 g/mol. The molecule has 1 rings (SSSR count). The van der Waals surface area contributed by atoms with Gasteiger partial charge < -0.3 is 10.4 Å². The predicted molar refractivity (Wildman–Crippen MR) is 73.0 cm³/mol. The number of hydrogen-bond acceptors (Lipinski definition) is 2. The van der Waals surface area contributed by atoms with Gasteiger partial charge in [0.05, 0.1) is 0 Å². The van der Waals surface area contributed by atoms with Crippen LogP contribution in [0.4, 0.5) is 0 Å². The molecule has 0 amide bonds. The number of nitrogens with one attached hydrogen (secondary N) is 1. The van der Waals surface area contributed by atoms with Crippen molar-refractivity contribution in [2.75, 3.05) is 13.2 Å². The van der Waals surface area contributed by atoms with Gasteiger partial charge in [0.1, 0.15) is 0 Å². The maximum absolute atomic E-state index is 9.52. The molecular formula is C15H25NO. The third-order valence-electron chi connectivity index (χ3n) is 3.92. The molecule has 0 aliphatic carbocycles. The Morgan fingerprint density at radius 3 is 2.24 bits per heavy atom. The van der Waals surface area contributed by atoms with Crippen molar-refractivity contribution >= 4 is 0 Å². The molecule has 1 aromatic carbocycles. The highest BCUT2D eigenvalue weighted by molar-refractivity contribution is 5.18. The van der Waals surface area contributed by atoms with Crippen LogP contribution in [-0.4, -0.2) is 18.3 Å². The van der Waals surface area contributed by atoms with E-state index < -0.39 is 0 Å². The van der Waals surface area contributed by atoms with Crippen LogP contribution in [0.3, 0.4) is 0 Å². The number of rotatable bonds is 7. The fourth-order valence-corrected chi connectivity index (χ4v) is 2.01. The van der Waals surface area contributed by atoms with Crippen LogP contribution < -0.4 is 5.32 Å². The van der Waals surface area contributed by atoms with Gasteiger partial charge in [0.2, 0.25) is 0 Å². The average Bonchev–Trinajstić information content (AvgIpc) is 2.41. The second kappa shape index (κ2) is 6.77. The summed E-state index contributed by atoms with van der Waals surface area (Å²) >= 11 is 0. The summed E-state index contributed by atoms with van der Waals surface area (Å²) < 4.78 is 0. The number of hydrogen-bond donors (Lipinski definition) is 2. The highest BCUT2D eigenvalue weighted by Crippen LogP contribution is 2.25. The molecule has 17 heavy (non-hydrogen) atoms. The van der Waals surface area contributed by atoms with Gasteiger partial charge in [-0.3, -0.25) is 0 Å². The highest BCUT2D eigenvalue weighted by Gasteiger charge is 2.25. The summed E-state index contributed by atoms with van der Waals surface area (Å²) in [5.74, 6) is 0. The summed E-state index contributed by atoms with van der Waals surface area (Å²) in [6.07, 6.45) is 2.02. The van der Waals surface area contributed by atoms with E-state index in [1.807, 2.05) is 6.07 Å². The van der Waals surface area contributed by atoms with Crippen LogP contribution >= 0.6 is 0 Å². The molecule has 0 aromatic heterocycles. The molecule has 0 unspecified atom stereocenters. The van der Waals surface area contributed by atoms with E-state index in [2.05, 4.69) is 50.4 Å². The largest absolute Gasteiger partial charge is 0.396 e. The summed E-state index contributed by atoms with van der Waals surface area (Å²) in [7, 11) is 0. The normalized spacial score (nSPS) is 13.6. The van der Waals surface area contributed by atoms with Gasteiger partial charge in [-0.05, 0) is 25.3 Å². The Morgan fingerprint density at radius 2 is 1.76 bits per heavy atom. The summed E-state index contributed by atoms with van der Waals surface area (Å²) in [4.78, 5) is 0. The maximum Gasteiger partial charge on any atom is 0.0499 e. The summed E-state index contributed by atoms with van der Waals surface area (Å²) in [5, 5.41) is 13.1. The monoisotopic (exact) mass is 235 g/mol. The highest BCUT2D eigenvalue weighted by atomic mass is 16.3. The van der Waals surface area contributed by atoms with Crippen molar-refractivity contribution in [1.29, 1.82) is 0 Å². The lowest BCUT2D eigenvalue weighted by Gasteiger charge is -2.31. The molecule has 0 aliphatic heterocycles. The van der Waals surface area contributed by atoms with Crippen molar-refractivity contribution in [2.45, 2.75) is 39.7 Å². The van der Waals surface area contributed by atoms with Crippen LogP contribution in [0.5, 0.6) is 0 Å². The first-order valence-electron chi connectivity index (χ1n) is 6.56. The van der Waals surface area contributed by atoms with Crippen LogP contribution in [-0.2, 0) is 0 Å². The van der Waals surface area contributed by atoms with E-state index in [0.717, 1.165) is 19.4 Å². The first-order valence-corrected chi connectivity index (χ1v) is 6.56. The molecule has 2 heteroatoms. The molecule has 0 spiro atoms. The van der Waals surface area contributed by atoms with E-state index in [1.54, 1.807) is 0 Å². The molecule has 0 heterocycles. The van der Waals surface area contributed by atoms with Gasteiger partial charge >= 0.3 is 0 Å². The minimum Gasteiger partial charge on any atom is -0.396 e.